The number of methoxy groups -OCH3 is 1. The monoisotopic (exact) mass is 371 g/mol. The van der Waals surface area contributed by atoms with Crippen LogP contribution in [0.1, 0.15) is 56.5 Å². The molecule has 5 heteroatoms. The summed E-state index contributed by atoms with van der Waals surface area (Å²) in [6.45, 7) is 8.05. The van der Waals surface area contributed by atoms with Crippen LogP contribution < -0.4 is 5.56 Å². The first kappa shape index (κ1) is 20.8. The number of carbonyl (C=O) groups excluding carboxylic acids is 1. The number of aromatic nitrogens is 1. The predicted molar refractivity (Wildman–Crippen MR) is 106 cm³/mol. The van der Waals surface area contributed by atoms with Crippen molar-refractivity contribution in [3.63, 3.8) is 0 Å². The third-order valence-electron chi connectivity index (χ3n) is 4.41. The van der Waals surface area contributed by atoms with Crippen molar-refractivity contribution < 1.29 is 13.9 Å². The molecule has 0 N–H and O–H groups in total. The van der Waals surface area contributed by atoms with Gasteiger partial charge in [0.1, 0.15) is 12.1 Å². The summed E-state index contributed by atoms with van der Waals surface area (Å²) >= 11 is 0. The van der Waals surface area contributed by atoms with E-state index >= 15 is 0 Å². The summed E-state index contributed by atoms with van der Waals surface area (Å²) in [5.74, 6) is -0.307. The average Bonchev–Trinajstić information content (AvgIpc) is 2.62. The van der Waals surface area contributed by atoms with Gasteiger partial charge in [0.2, 0.25) is 0 Å². The molecular weight excluding hydrogens is 345 g/mol. The van der Waals surface area contributed by atoms with Crippen molar-refractivity contribution in [2.24, 2.45) is 0 Å². The molecule has 2 rings (SSSR count). The highest BCUT2D eigenvalue weighted by Gasteiger charge is 2.24. The summed E-state index contributed by atoms with van der Waals surface area (Å²) in [5.41, 5.74) is 3.38. The first-order chi connectivity index (χ1) is 12.8. The van der Waals surface area contributed by atoms with Crippen LogP contribution in [0.5, 0.6) is 0 Å². The fourth-order valence-corrected chi connectivity index (χ4v) is 3.41. The van der Waals surface area contributed by atoms with Crippen molar-refractivity contribution >= 4 is 12.4 Å². The fraction of sp³-hybridized carbons (Fsp3) is 0.364. The molecule has 0 atom stereocenters. The van der Waals surface area contributed by atoms with Crippen molar-refractivity contribution in [2.75, 3.05) is 7.11 Å². The molecule has 0 unspecified atom stereocenters. The van der Waals surface area contributed by atoms with Gasteiger partial charge in [-0.1, -0.05) is 26.0 Å². The molecule has 1 aromatic heterocycles. The van der Waals surface area contributed by atoms with E-state index in [2.05, 4.69) is 0 Å². The number of ether oxygens (including phenoxy) is 1. The van der Waals surface area contributed by atoms with Gasteiger partial charge in [-0.25, -0.2) is 4.39 Å². The summed E-state index contributed by atoms with van der Waals surface area (Å²) in [4.78, 5) is 24.3. The summed E-state index contributed by atoms with van der Waals surface area (Å²) in [7, 11) is 1.53. The Morgan fingerprint density at radius 2 is 1.78 bits per heavy atom. The zero-order valence-electron chi connectivity index (χ0n) is 16.5. The molecule has 1 heterocycles. The second-order valence-electron chi connectivity index (χ2n) is 7.01. The zero-order chi connectivity index (χ0) is 20.1. The molecule has 0 bridgehead atoms. The number of aldehydes is 1. The Bertz CT molecular complexity index is 893. The molecule has 0 radical (unpaired) electrons. The number of hydrogen-bond donors (Lipinski definition) is 0. The number of nitrogens with zero attached hydrogens (tertiary/aromatic N) is 1. The normalized spacial score (nSPS) is 11.7. The molecular formula is C22H26FNO3. The molecule has 0 saturated carbocycles. The van der Waals surface area contributed by atoms with Crippen molar-refractivity contribution in [1.82, 2.24) is 4.57 Å². The van der Waals surface area contributed by atoms with Crippen LogP contribution >= 0.6 is 0 Å². The SMILES string of the molecule is COCc1c(-c2ccc(F)cc2)c(C=CC=O)c(C(C)C)n(C(C)C)c1=O. The first-order valence-corrected chi connectivity index (χ1v) is 9.01. The van der Waals surface area contributed by atoms with Crippen LogP contribution in [0.25, 0.3) is 17.2 Å². The maximum atomic E-state index is 13.5. The number of hydrogen-bond acceptors (Lipinski definition) is 3. The molecule has 0 amide bonds. The van der Waals surface area contributed by atoms with Gasteiger partial charge in [-0.2, -0.15) is 0 Å². The van der Waals surface area contributed by atoms with Crippen molar-refractivity contribution in [2.45, 2.75) is 46.3 Å². The number of rotatable bonds is 7. The lowest BCUT2D eigenvalue weighted by Crippen LogP contribution is -2.31. The second-order valence-corrected chi connectivity index (χ2v) is 7.01. The van der Waals surface area contributed by atoms with Gasteiger partial charge in [0.15, 0.2) is 0 Å². The average molecular weight is 371 g/mol. The number of halogens is 1. The van der Waals surface area contributed by atoms with E-state index in [-0.39, 0.29) is 29.9 Å². The van der Waals surface area contributed by atoms with Gasteiger partial charge in [-0.3, -0.25) is 9.59 Å². The third kappa shape index (κ3) is 4.25. The van der Waals surface area contributed by atoms with Gasteiger partial charge in [-0.15, -0.1) is 0 Å². The molecule has 0 aliphatic carbocycles. The van der Waals surface area contributed by atoms with Crippen LogP contribution in [-0.4, -0.2) is 18.0 Å². The van der Waals surface area contributed by atoms with E-state index in [9.17, 15) is 14.0 Å². The number of benzene rings is 1. The minimum atomic E-state index is -0.350. The lowest BCUT2D eigenvalue weighted by atomic mass is 9.90. The molecule has 144 valence electrons. The molecule has 2 aromatic rings. The highest BCUT2D eigenvalue weighted by molar-refractivity contribution is 5.83. The summed E-state index contributed by atoms with van der Waals surface area (Å²) in [5, 5.41) is 0. The topological polar surface area (TPSA) is 48.3 Å². The summed E-state index contributed by atoms with van der Waals surface area (Å²) < 4.78 is 20.5. The van der Waals surface area contributed by atoms with Crippen molar-refractivity contribution in [3.05, 3.63) is 63.3 Å². The predicted octanol–water partition coefficient (Wildman–Crippen LogP) is 4.72. The van der Waals surface area contributed by atoms with E-state index < -0.39 is 0 Å². The third-order valence-corrected chi connectivity index (χ3v) is 4.41. The summed E-state index contributed by atoms with van der Waals surface area (Å²) in [6.07, 6.45) is 3.85. The minimum Gasteiger partial charge on any atom is -0.380 e. The van der Waals surface area contributed by atoms with Gasteiger partial charge in [-0.05, 0) is 49.6 Å². The van der Waals surface area contributed by atoms with Crippen LogP contribution in [0.3, 0.4) is 0 Å². The molecule has 0 aliphatic heterocycles. The van der Waals surface area contributed by atoms with Gasteiger partial charge in [0, 0.05) is 30.0 Å². The van der Waals surface area contributed by atoms with Gasteiger partial charge < -0.3 is 9.30 Å². The number of allylic oxidation sites excluding steroid dienone is 1. The van der Waals surface area contributed by atoms with Crippen LogP contribution in [0.15, 0.2) is 35.1 Å². The molecule has 1 aromatic carbocycles. The van der Waals surface area contributed by atoms with Crippen LogP contribution in [0, 0.1) is 5.82 Å². The van der Waals surface area contributed by atoms with Crippen LogP contribution in [0.4, 0.5) is 4.39 Å². The highest BCUT2D eigenvalue weighted by atomic mass is 19.1. The minimum absolute atomic E-state index is 0.0437. The first-order valence-electron chi connectivity index (χ1n) is 9.01. The van der Waals surface area contributed by atoms with E-state index in [0.29, 0.717) is 23.0 Å². The molecule has 4 nitrogen and oxygen atoms in total. The highest BCUT2D eigenvalue weighted by Crippen LogP contribution is 2.34. The van der Waals surface area contributed by atoms with Crippen LogP contribution in [0.2, 0.25) is 0 Å². The molecule has 27 heavy (non-hydrogen) atoms. The number of carbonyl (C=O) groups is 1. The summed E-state index contributed by atoms with van der Waals surface area (Å²) in [6, 6.07) is 5.96. The van der Waals surface area contributed by atoms with E-state index in [1.165, 1.54) is 25.3 Å². The second kappa shape index (κ2) is 8.91. The standard InChI is InChI=1S/C22H26FNO3/c1-14(2)21-18(7-6-12-25)20(16-8-10-17(23)11-9-16)19(13-27-5)22(26)24(21)15(3)4/h6-12,14-15H,13H2,1-5H3. The van der Waals surface area contributed by atoms with E-state index in [0.717, 1.165) is 11.3 Å². The van der Waals surface area contributed by atoms with Gasteiger partial charge in [0.25, 0.3) is 5.56 Å². The zero-order valence-corrected chi connectivity index (χ0v) is 16.5. The quantitative estimate of drug-likeness (QED) is 0.523. The fourth-order valence-electron chi connectivity index (χ4n) is 3.41. The Morgan fingerprint density at radius 3 is 2.26 bits per heavy atom. The van der Waals surface area contributed by atoms with Crippen molar-refractivity contribution in [3.8, 4) is 11.1 Å². The largest absolute Gasteiger partial charge is 0.380 e. The van der Waals surface area contributed by atoms with Gasteiger partial charge >= 0.3 is 0 Å². The van der Waals surface area contributed by atoms with Crippen LogP contribution in [-0.2, 0) is 16.1 Å². The Kier molecular flexibility index (Phi) is 6.86. The van der Waals surface area contributed by atoms with E-state index in [1.807, 2.05) is 27.7 Å². The molecule has 0 fully saturated rings. The molecule has 0 spiro atoms. The maximum Gasteiger partial charge on any atom is 0.257 e. The Hall–Kier alpha value is -2.53. The van der Waals surface area contributed by atoms with E-state index in [1.54, 1.807) is 22.8 Å². The van der Waals surface area contributed by atoms with Gasteiger partial charge in [0.05, 0.1) is 12.2 Å². The molecule has 0 aliphatic rings. The van der Waals surface area contributed by atoms with Crippen molar-refractivity contribution in [1.29, 1.82) is 0 Å². The lowest BCUT2D eigenvalue weighted by Gasteiger charge is -2.26. The maximum absolute atomic E-state index is 13.5. The Labute approximate surface area is 159 Å². The smallest absolute Gasteiger partial charge is 0.257 e. The number of pyridine rings is 1. The lowest BCUT2D eigenvalue weighted by molar-refractivity contribution is -0.104. The Balaban J connectivity index is 3.05. The molecule has 0 saturated heterocycles. The Morgan fingerprint density at radius 1 is 1.15 bits per heavy atom. The van der Waals surface area contributed by atoms with E-state index in [4.69, 9.17) is 4.74 Å².